The maximum Gasteiger partial charge on any atom is 0.230 e. The molecule has 0 saturated heterocycles. The van der Waals surface area contributed by atoms with Crippen molar-refractivity contribution in [1.82, 2.24) is 25.5 Å². The Morgan fingerprint density at radius 3 is 3.05 bits per heavy atom. The lowest BCUT2D eigenvalue weighted by Gasteiger charge is -2.08. The van der Waals surface area contributed by atoms with Crippen molar-refractivity contribution in [3.05, 3.63) is 42.5 Å². The quantitative estimate of drug-likeness (QED) is 0.621. The van der Waals surface area contributed by atoms with E-state index in [-0.39, 0.29) is 11.7 Å². The average molecular weight is 303 g/mol. The number of aryl methyl sites for hydroxylation is 1. The van der Waals surface area contributed by atoms with E-state index in [2.05, 4.69) is 34.3 Å². The molecule has 0 fully saturated rings. The lowest BCUT2D eigenvalue weighted by atomic mass is 10.1. The Labute approximate surface area is 127 Å². The first-order valence-corrected chi connectivity index (χ1v) is 7.61. The molecule has 0 spiro atoms. The number of aromatic nitrogens is 4. The van der Waals surface area contributed by atoms with Crippen LogP contribution in [0.1, 0.15) is 12.5 Å². The average Bonchev–Trinajstić information content (AvgIpc) is 2.99. The molecule has 110 valence electrons. The first-order chi connectivity index (χ1) is 10.3. The van der Waals surface area contributed by atoms with E-state index in [1.54, 1.807) is 10.8 Å². The van der Waals surface area contributed by atoms with E-state index < -0.39 is 0 Å². The Hall–Kier alpha value is -2.15. The molecule has 0 aliphatic rings. The molecule has 0 atom stereocenters. The fraction of sp³-hybridized carbons (Fsp3) is 0.286. The van der Waals surface area contributed by atoms with Gasteiger partial charge in [-0.3, -0.25) is 4.79 Å². The number of hydrogen-bond donors (Lipinski definition) is 1. The van der Waals surface area contributed by atoms with E-state index in [0.717, 1.165) is 17.7 Å². The van der Waals surface area contributed by atoms with Gasteiger partial charge in [-0.1, -0.05) is 43.0 Å². The number of tetrazole rings is 1. The second-order valence-corrected chi connectivity index (χ2v) is 5.18. The van der Waals surface area contributed by atoms with Crippen molar-refractivity contribution in [2.24, 2.45) is 0 Å². The van der Waals surface area contributed by atoms with Crippen LogP contribution in [0.2, 0.25) is 0 Å². The molecule has 2 rings (SSSR count). The molecule has 7 heteroatoms. The van der Waals surface area contributed by atoms with E-state index in [4.69, 9.17) is 0 Å². The molecule has 1 aromatic carbocycles. The van der Waals surface area contributed by atoms with Gasteiger partial charge in [0.2, 0.25) is 11.1 Å². The third-order valence-electron chi connectivity index (χ3n) is 2.82. The van der Waals surface area contributed by atoms with Gasteiger partial charge < -0.3 is 5.32 Å². The van der Waals surface area contributed by atoms with Gasteiger partial charge in [-0.2, -0.15) is 4.68 Å². The SMILES string of the molecule is C=CCNC(=O)CSc1nnnn1-c1ccccc1CC. The van der Waals surface area contributed by atoms with Crippen LogP contribution < -0.4 is 5.32 Å². The van der Waals surface area contributed by atoms with Gasteiger partial charge in [0.1, 0.15) is 0 Å². The summed E-state index contributed by atoms with van der Waals surface area (Å²) in [7, 11) is 0. The summed E-state index contributed by atoms with van der Waals surface area (Å²) in [5.74, 6) is 0.195. The Kier molecular flexibility index (Phi) is 5.51. The number of thioether (sulfide) groups is 1. The second kappa shape index (κ2) is 7.58. The highest BCUT2D eigenvalue weighted by molar-refractivity contribution is 7.99. The number of para-hydroxylation sites is 1. The highest BCUT2D eigenvalue weighted by Gasteiger charge is 2.13. The number of carbonyl (C=O) groups excluding carboxylic acids is 1. The number of benzene rings is 1. The molecule has 1 aromatic heterocycles. The van der Waals surface area contributed by atoms with Crippen molar-refractivity contribution < 1.29 is 4.79 Å². The van der Waals surface area contributed by atoms with E-state index >= 15 is 0 Å². The molecule has 0 bridgehead atoms. The van der Waals surface area contributed by atoms with Crippen molar-refractivity contribution in [2.75, 3.05) is 12.3 Å². The molecule has 1 amide bonds. The predicted octanol–water partition coefficient (Wildman–Crippen LogP) is 1.62. The third-order valence-corrected chi connectivity index (χ3v) is 3.74. The zero-order valence-electron chi connectivity index (χ0n) is 11.8. The van der Waals surface area contributed by atoms with Crippen LogP contribution >= 0.6 is 11.8 Å². The number of nitrogens with one attached hydrogen (secondary N) is 1. The van der Waals surface area contributed by atoms with Crippen LogP contribution in [0.3, 0.4) is 0 Å². The van der Waals surface area contributed by atoms with Crippen LogP contribution in [0.15, 0.2) is 42.1 Å². The smallest absolute Gasteiger partial charge is 0.230 e. The number of carbonyl (C=O) groups is 1. The molecule has 0 radical (unpaired) electrons. The maximum atomic E-state index is 11.6. The van der Waals surface area contributed by atoms with Crippen molar-refractivity contribution in [3.8, 4) is 5.69 Å². The molecule has 1 heterocycles. The molecule has 21 heavy (non-hydrogen) atoms. The van der Waals surface area contributed by atoms with Gasteiger partial charge in [0.05, 0.1) is 11.4 Å². The Balaban J connectivity index is 2.12. The fourth-order valence-corrected chi connectivity index (χ4v) is 2.52. The summed E-state index contributed by atoms with van der Waals surface area (Å²) in [5.41, 5.74) is 2.10. The zero-order chi connectivity index (χ0) is 15.1. The van der Waals surface area contributed by atoms with Crippen LogP contribution in [0, 0.1) is 0 Å². The monoisotopic (exact) mass is 303 g/mol. The Bertz CT molecular complexity index is 625. The largest absolute Gasteiger partial charge is 0.352 e. The van der Waals surface area contributed by atoms with Gasteiger partial charge in [0.15, 0.2) is 0 Å². The summed E-state index contributed by atoms with van der Waals surface area (Å²) in [6.45, 7) is 6.10. The van der Waals surface area contributed by atoms with Crippen LogP contribution in [0.25, 0.3) is 5.69 Å². The Morgan fingerprint density at radius 2 is 2.29 bits per heavy atom. The molecule has 0 aliphatic heterocycles. The predicted molar refractivity (Wildman–Crippen MR) is 82.5 cm³/mol. The summed E-state index contributed by atoms with van der Waals surface area (Å²) in [6.07, 6.45) is 2.53. The molecule has 2 aromatic rings. The molecule has 1 N–H and O–H groups in total. The maximum absolute atomic E-state index is 11.6. The number of nitrogens with zero attached hydrogens (tertiary/aromatic N) is 4. The summed E-state index contributed by atoms with van der Waals surface area (Å²) in [4.78, 5) is 11.6. The standard InChI is InChI=1S/C14H17N5OS/c1-3-9-15-13(20)10-21-14-16-17-18-19(14)12-8-6-5-7-11(12)4-2/h3,5-8H,1,4,9-10H2,2H3,(H,15,20). The van der Waals surface area contributed by atoms with Gasteiger partial charge in [-0.15, -0.1) is 11.7 Å². The molecular formula is C14H17N5OS. The topological polar surface area (TPSA) is 72.7 Å². The summed E-state index contributed by atoms with van der Waals surface area (Å²) in [6, 6.07) is 7.95. The van der Waals surface area contributed by atoms with Crippen molar-refractivity contribution >= 4 is 17.7 Å². The van der Waals surface area contributed by atoms with Crippen LogP contribution in [-0.4, -0.2) is 38.4 Å². The van der Waals surface area contributed by atoms with E-state index in [1.165, 1.54) is 11.8 Å². The lowest BCUT2D eigenvalue weighted by molar-refractivity contribution is -0.118. The summed E-state index contributed by atoms with van der Waals surface area (Å²) >= 11 is 1.31. The lowest BCUT2D eigenvalue weighted by Crippen LogP contribution is -2.25. The molecular weight excluding hydrogens is 286 g/mol. The normalized spacial score (nSPS) is 10.3. The highest BCUT2D eigenvalue weighted by Crippen LogP contribution is 2.20. The molecule has 0 aliphatic carbocycles. The minimum absolute atomic E-state index is 0.0711. The fourth-order valence-electron chi connectivity index (χ4n) is 1.80. The highest BCUT2D eigenvalue weighted by atomic mass is 32.2. The minimum Gasteiger partial charge on any atom is -0.352 e. The van der Waals surface area contributed by atoms with Crippen molar-refractivity contribution in [1.29, 1.82) is 0 Å². The number of hydrogen-bond acceptors (Lipinski definition) is 5. The van der Waals surface area contributed by atoms with E-state index in [1.807, 2.05) is 24.3 Å². The van der Waals surface area contributed by atoms with Gasteiger partial charge in [-0.05, 0) is 28.5 Å². The molecule has 6 nitrogen and oxygen atoms in total. The summed E-state index contributed by atoms with van der Waals surface area (Å²) in [5, 5.41) is 15.0. The van der Waals surface area contributed by atoms with E-state index in [9.17, 15) is 4.79 Å². The minimum atomic E-state index is -0.0711. The first-order valence-electron chi connectivity index (χ1n) is 6.63. The van der Waals surface area contributed by atoms with Crippen LogP contribution in [0.5, 0.6) is 0 Å². The van der Waals surface area contributed by atoms with Gasteiger partial charge in [-0.25, -0.2) is 0 Å². The third kappa shape index (κ3) is 3.91. The molecule has 0 unspecified atom stereocenters. The van der Waals surface area contributed by atoms with E-state index in [0.29, 0.717) is 11.7 Å². The van der Waals surface area contributed by atoms with Crippen LogP contribution in [0.4, 0.5) is 0 Å². The first kappa shape index (κ1) is 15.2. The van der Waals surface area contributed by atoms with Crippen molar-refractivity contribution in [3.63, 3.8) is 0 Å². The number of rotatable bonds is 7. The van der Waals surface area contributed by atoms with Gasteiger partial charge in [0, 0.05) is 6.54 Å². The number of amides is 1. The zero-order valence-corrected chi connectivity index (χ0v) is 12.6. The van der Waals surface area contributed by atoms with Gasteiger partial charge >= 0.3 is 0 Å². The molecule has 0 saturated carbocycles. The summed E-state index contributed by atoms with van der Waals surface area (Å²) < 4.78 is 1.67. The second-order valence-electron chi connectivity index (χ2n) is 4.24. The Morgan fingerprint density at radius 1 is 1.48 bits per heavy atom. The van der Waals surface area contributed by atoms with Crippen LogP contribution in [-0.2, 0) is 11.2 Å². The van der Waals surface area contributed by atoms with Crippen molar-refractivity contribution in [2.45, 2.75) is 18.5 Å². The van der Waals surface area contributed by atoms with Gasteiger partial charge in [0.25, 0.3) is 0 Å².